The smallest absolute Gasteiger partial charge is 0.303 e. The lowest BCUT2D eigenvalue weighted by molar-refractivity contribution is -0.137. The first-order chi connectivity index (χ1) is 9.06. The van der Waals surface area contributed by atoms with Crippen LogP contribution in [0.2, 0.25) is 0 Å². The number of carboxylic acids is 1. The van der Waals surface area contributed by atoms with Crippen molar-refractivity contribution in [3.05, 3.63) is 35.9 Å². The lowest BCUT2D eigenvalue weighted by Crippen LogP contribution is -2.17. The number of unbranched alkanes of at least 4 members (excludes halogenated alkanes) is 3. The van der Waals surface area contributed by atoms with Crippen molar-refractivity contribution in [3.8, 4) is 0 Å². The van der Waals surface area contributed by atoms with Crippen molar-refractivity contribution in [3.63, 3.8) is 0 Å². The average molecular weight is 265 g/mol. The zero-order valence-electron chi connectivity index (χ0n) is 12.1. The molecule has 0 bridgehead atoms. The summed E-state index contributed by atoms with van der Waals surface area (Å²) in [5.74, 6) is -0.675. The molecule has 0 heterocycles. The summed E-state index contributed by atoms with van der Waals surface area (Å²) in [4.78, 5) is 9.96. The fourth-order valence-electron chi connectivity index (χ4n) is 1.69. The maximum atomic E-state index is 9.96. The highest BCUT2D eigenvalue weighted by Gasteiger charge is 1.94. The second kappa shape index (κ2) is 11.7. The van der Waals surface area contributed by atoms with Crippen LogP contribution in [-0.4, -0.2) is 17.1 Å². The molecule has 3 N–H and O–H groups in total. The molecule has 19 heavy (non-hydrogen) atoms. The average Bonchev–Trinajstić information content (AvgIpc) is 2.36. The minimum absolute atomic E-state index is 0.266. The van der Waals surface area contributed by atoms with E-state index < -0.39 is 5.97 Å². The van der Waals surface area contributed by atoms with Gasteiger partial charge in [-0.15, -0.1) is 0 Å². The topological polar surface area (TPSA) is 63.3 Å². The number of hydrogen-bond acceptors (Lipinski definition) is 2. The van der Waals surface area contributed by atoms with Gasteiger partial charge in [-0.05, 0) is 25.3 Å². The van der Waals surface area contributed by atoms with Gasteiger partial charge in [0.1, 0.15) is 0 Å². The van der Waals surface area contributed by atoms with Crippen molar-refractivity contribution < 1.29 is 9.90 Å². The standard InChI is InChI=1S/C9H13N.C7H14O2/c1-8(10)7-9-5-3-2-4-6-9;1-2-3-4-5-6-7(8)9/h2-6,8H,7,10H2,1H3;2-6H2,1H3,(H,8,9). The molecular weight excluding hydrogens is 238 g/mol. The number of benzene rings is 1. The predicted molar refractivity (Wildman–Crippen MR) is 80.2 cm³/mol. The quantitative estimate of drug-likeness (QED) is 0.740. The van der Waals surface area contributed by atoms with E-state index in [-0.39, 0.29) is 6.04 Å². The van der Waals surface area contributed by atoms with Crippen LogP contribution in [0, 0.1) is 0 Å². The second-order valence-corrected chi connectivity index (χ2v) is 4.87. The van der Waals surface area contributed by atoms with E-state index in [0.29, 0.717) is 6.42 Å². The fraction of sp³-hybridized carbons (Fsp3) is 0.562. The summed E-state index contributed by atoms with van der Waals surface area (Å²) in [6.45, 7) is 4.13. The Hall–Kier alpha value is -1.35. The molecule has 0 aliphatic rings. The molecular formula is C16H27NO2. The first kappa shape index (κ1) is 17.6. The molecule has 1 rings (SSSR count). The van der Waals surface area contributed by atoms with Gasteiger partial charge in [-0.3, -0.25) is 4.79 Å². The van der Waals surface area contributed by atoms with Gasteiger partial charge >= 0.3 is 5.97 Å². The molecule has 3 heteroatoms. The molecule has 0 aliphatic heterocycles. The molecule has 1 unspecified atom stereocenters. The van der Waals surface area contributed by atoms with Gasteiger partial charge in [-0.1, -0.05) is 56.5 Å². The molecule has 0 aliphatic carbocycles. The van der Waals surface area contributed by atoms with Gasteiger partial charge in [-0.25, -0.2) is 0 Å². The van der Waals surface area contributed by atoms with Crippen LogP contribution in [0.15, 0.2) is 30.3 Å². The summed E-state index contributed by atoms with van der Waals surface area (Å²) < 4.78 is 0. The maximum Gasteiger partial charge on any atom is 0.303 e. The SMILES string of the molecule is CC(N)Cc1ccccc1.CCCCCCC(=O)O. The van der Waals surface area contributed by atoms with Crippen LogP contribution in [0.25, 0.3) is 0 Å². The van der Waals surface area contributed by atoms with Gasteiger partial charge in [0.05, 0.1) is 0 Å². The summed E-state index contributed by atoms with van der Waals surface area (Å²) in [6.07, 6.45) is 5.53. The Morgan fingerprint density at radius 3 is 2.32 bits per heavy atom. The number of carbonyl (C=O) groups is 1. The summed E-state index contributed by atoms with van der Waals surface area (Å²) >= 11 is 0. The number of hydrogen-bond donors (Lipinski definition) is 2. The third-order valence-electron chi connectivity index (χ3n) is 2.64. The van der Waals surface area contributed by atoms with Gasteiger partial charge in [0, 0.05) is 12.5 Å². The van der Waals surface area contributed by atoms with Crippen molar-refractivity contribution in [1.29, 1.82) is 0 Å². The van der Waals surface area contributed by atoms with Crippen molar-refractivity contribution in [2.45, 2.75) is 58.4 Å². The number of aliphatic carboxylic acids is 1. The van der Waals surface area contributed by atoms with E-state index in [1.165, 1.54) is 12.0 Å². The van der Waals surface area contributed by atoms with E-state index in [0.717, 1.165) is 25.7 Å². The first-order valence-corrected chi connectivity index (χ1v) is 7.07. The van der Waals surface area contributed by atoms with Crippen LogP contribution in [-0.2, 0) is 11.2 Å². The Bertz CT molecular complexity index is 323. The Morgan fingerprint density at radius 2 is 1.84 bits per heavy atom. The van der Waals surface area contributed by atoms with Gasteiger partial charge in [0.25, 0.3) is 0 Å². The third kappa shape index (κ3) is 12.9. The molecule has 0 amide bonds. The van der Waals surface area contributed by atoms with Gasteiger partial charge in [0.15, 0.2) is 0 Å². The highest BCUT2D eigenvalue weighted by molar-refractivity contribution is 5.66. The van der Waals surface area contributed by atoms with Crippen LogP contribution >= 0.6 is 0 Å². The third-order valence-corrected chi connectivity index (χ3v) is 2.64. The molecule has 108 valence electrons. The Balaban J connectivity index is 0.000000344. The van der Waals surface area contributed by atoms with E-state index in [1.54, 1.807) is 0 Å². The van der Waals surface area contributed by atoms with Gasteiger partial charge in [0.2, 0.25) is 0 Å². The lowest BCUT2D eigenvalue weighted by Gasteiger charge is -2.02. The molecule has 0 spiro atoms. The molecule has 0 aromatic heterocycles. The molecule has 0 radical (unpaired) electrons. The predicted octanol–water partition coefficient (Wildman–Crippen LogP) is 3.62. The zero-order chi connectivity index (χ0) is 14.5. The summed E-state index contributed by atoms with van der Waals surface area (Å²) in [5, 5.41) is 8.21. The Kier molecular flexibility index (Phi) is 10.9. The van der Waals surface area contributed by atoms with Crippen LogP contribution < -0.4 is 5.73 Å². The van der Waals surface area contributed by atoms with Gasteiger partial charge < -0.3 is 10.8 Å². The van der Waals surface area contributed by atoms with Gasteiger partial charge in [-0.2, -0.15) is 0 Å². The van der Waals surface area contributed by atoms with Crippen molar-refractivity contribution in [2.75, 3.05) is 0 Å². The molecule has 0 fully saturated rings. The molecule has 1 aromatic rings. The highest BCUT2D eigenvalue weighted by atomic mass is 16.4. The molecule has 0 saturated heterocycles. The first-order valence-electron chi connectivity index (χ1n) is 7.07. The highest BCUT2D eigenvalue weighted by Crippen LogP contribution is 2.01. The summed E-state index contributed by atoms with van der Waals surface area (Å²) in [5.41, 5.74) is 6.94. The normalized spacial score (nSPS) is 11.3. The largest absolute Gasteiger partial charge is 0.481 e. The Labute approximate surface area is 116 Å². The fourth-order valence-corrected chi connectivity index (χ4v) is 1.69. The zero-order valence-corrected chi connectivity index (χ0v) is 12.1. The van der Waals surface area contributed by atoms with Crippen LogP contribution in [0.5, 0.6) is 0 Å². The number of nitrogens with two attached hydrogens (primary N) is 1. The van der Waals surface area contributed by atoms with E-state index in [1.807, 2.05) is 25.1 Å². The van der Waals surface area contributed by atoms with E-state index in [9.17, 15) is 4.79 Å². The van der Waals surface area contributed by atoms with Crippen LogP contribution in [0.1, 0.15) is 51.5 Å². The monoisotopic (exact) mass is 265 g/mol. The summed E-state index contributed by atoms with van der Waals surface area (Å²) in [7, 11) is 0. The Morgan fingerprint density at radius 1 is 1.21 bits per heavy atom. The number of rotatable bonds is 7. The van der Waals surface area contributed by atoms with Crippen LogP contribution in [0.4, 0.5) is 0 Å². The van der Waals surface area contributed by atoms with E-state index >= 15 is 0 Å². The second-order valence-electron chi connectivity index (χ2n) is 4.87. The molecule has 1 aromatic carbocycles. The molecule has 3 nitrogen and oxygen atoms in total. The number of carboxylic acid groups (broad SMARTS) is 1. The maximum absolute atomic E-state index is 9.96. The molecule has 0 saturated carbocycles. The van der Waals surface area contributed by atoms with Crippen molar-refractivity contribution >= 4 is 5.97 Å². The molecule has 1 atom stereocenters. The van der Waals surface area contributed by atoms with Crippen molar-refractivity contribution in [1.82, 2.24) is 0 Å². The minimum Gasteiger partial charge on any atom is -0.481 e. The van der Waals surface area contributed by atoms with E-state index in [2.05, 4.69) is 19.1 Å². The lowest BCUT2D eigenvalue weighted by atomic mass is 10.1. The van der Waals surface area contributed by atoms with E-state index in [4.69, 9.17) is 10.8 Å². The van der Waals surface area contributed by atoms with Crippen molar-refractivity contribution in [2.24, 2.45) is 5.73 Å². The summed E-state index contributed by atoms with van der Waals surface area (Å²) in [6, 6.07) is 10.6. The minimum atomic E-state index is -0.675. The van der Waals surface area contributed by atoms with Crippen LogP contribution in [0.3, 0.4) is 0 Å².